The number of halogens is 1. The van der Waals surface area contributed by atoms with Gasteiger partial charge < -0.3 is 9.15 Å². The lowest BCUT2D eigenvalue weighted by Gasteiger charge is -2.03. The molecule has 0 spiro atoms. The molecule has 0 aliphatic carbocycles. The van der Waals surface area contributed by atoms with Crippen molar-refractivity contribution in [3.8, 4) is 17.0 Å². The number of aromatic nitrogens is 1. The summed E-state index contributed by atoms with van der Waals surface area (Å²) in [6.07, 6.45) is 0. The van der Waals surface area contributed by atoms with E-state index in [0.29, 0.717) is 21.8 Å². The zero-order valence-electron chi connectivity index (χ0n) is 14.6. The quantitative estimate of drug-likeness (QED) is 0.439. The highest BCUT2D eigenvalue weighted by molar-refractivity contribution is 9.10. The number of carbonyl (C=O) groups is 1. The Bertz CT molecular complexity index is 1250. The van der Waals surface area contributed by atoms with Crippen molar-refractivity contribution < 1.29 is 13.9 Å². The fourth-order valence-electron chi connectivity index (χ4n) is 2.66. The molecule has 0 saturated heterocycles. The van der Waals surface area contributed by atoms with Gasteiger partial charge in [-0.25, -0.2) is 9.78 Å². The van der Waals surface area contributed by atoms with E-state index in [0.717, 1.165) is 15.8 Å². The SMILES string of the molecule is COc1cccc(-c2csc(NC(=O)c3cc4cc(Br)ccc4oc3=O)n2)c1. The summed E-state index contributed by atoms with van der Waals surface area (Å²) in [5.74, 6) is 0.151. The van der Waals surface area contributed by atoms with E-state index >= 15 is 0 Å². The van der Waals surface area contributed by atoms with Crippen molar-refractivity contribution in [2.75, 3.05) is 12.4 Å². The molecule has 140 valence electrons. The van der Waals surface area contributed by atoms with Crippen molar-refractivity contribution in [2.24, 2.45) is 0 Å². The third-order valence-electron chi connectivity index (χ3n) is 4.03. The minimum absolute atomic E-state index is 0.0799. The zero-order chi connectivity index (χ0) is 19.7. The first kappa shape index (κ1) is 18.4. The Balaban J connectivity index is 1.60. The number of rotatable bonds is 4. The highest BCUT2D eigenvalue weighted by Crippen LogP contribution is 2.28. The number of hydrogen-bond acceptors (Lipinski definition) is 6. The van der Waals surface area contributed by atoms with Crippen LogP contribution in [0.25, 0.3) is 22.2 Å². The van der Waals surface area contributed by atoms with Gasteiger partial charge in [0.1, 0.15) is 16.9 Å². The summed E-state index contributed by atoms with van der Waals surface area (Å²) in [6, 6.07) is 14.2. The lowest BCUT2D eigenvalue weighted by molar-refractivity contribution is 0.102. The lowest BCUT2D eigenvalue weighted by Crippen LogP contribution is -2.20. The average Bonchev–Trinajstić information content (AvgIpc) is 3.16. The van der Waals surface area contributed by atoms with Crippen LogP contribution in [0.2, 0.25) is 0 Å². The van der Waals surface area contributed by atoms with Gasteiger partial charge in [-0.15, -0.1) is 11.3 Å². The predicted octanol–water partition coefficient (Wildman–Crippen LogP) is 4.94. The molecule has 2 heterocycles. The number of benzene rings is 2. The zero-order valence-corrected chi connectivity index (χ0v) is 17.0. The number of methoxy groups -OCH3 is 1. The summed E-state index contributed by atoms with van der Waals surface area (Å²) in [5.41, 5.74) is 1.21. The molecule has 8 heteroatoms. The van der Waals surface area contributed by atoms with Gasteiger partial charge in [-0.1, -0.05) is 28.1 Å². The average molecular weight is 457 g/mol. The summed E-state index contributed by atoms with van der Waals surface area (Å²) in [7, 11) is 1.60. The van der Waals surface area contributed by atoms with E-state index in [9.17, 15) is 9.59 Å². The Morgan fingerprint density at radius 2 is 2.07 bits per heavy atom. The molecule has 28 heavy (non-hydrogen) atoms. The van der Waals surface area contributed by atoms with E-state index in [-0.39, 0.29) is 5.56 Å². The van der Waals surface area contributed by atoms with Gasteiger partial charge >= 0.3 is 5.63 Å². The highest BCUT2D eigenvalue weighted by atomic mass is 79.9. The normalized spacial score (nSPS) is 10.8. The molecule has 6 nitrogen and oxygen atoms in total. The molecule has 0 saturated carbocycles. The van der Waals surface area contributed by atoms with Gasteiger partial charge in [-0.3, -0.25) is 10.1 Å². The van der Waals surface area contributed by atoms with Crippen molar-refractivity contribution in [2.45, 2.75) is 0 Å². The Hall–Kier alpha value is -2.97. The Morgan fingerprint density at radius 1 is 1.21 bits per heavy atom. The summed E-state index contributed by atoms with van der Waals surface area (Å²) < 4.78 is 11.3. The second-order valence-electron chi connectivity index (χ2n) is 5.85. The molecule has 0 unspecified atom stereocenters. The molecule has 0 fully saturated rings. The van der Waals surface area contributed by atoms with Crippen molar-refractivity contribution in [3.63, 3.8) is 0 Å². The van der Waals surface area contributed by atoms with Crippen LogP contribution in [0.5, 0.6) is 5.75 Å². The predicted molar refractivity (Wildman–Crippen MR) is 112 cm³/mol. The molecular formula is C20H13BrN2O4S. The summed E-state index contributed by atoms with van der Waals surface area (Å²) >= 11 is 4.63. The van der Waals surface area contributed by atoms with Gasteiger partial charge in [-0.2, -0.15) is 0 Å². The first-order valence-electron chi connectivity index (χ1n) is 8.18. The molecule has 1 amide bonds. The van der Waals surface area contributed by atoms with Crippen LogP contribution >= 0.6 is 27.3 Å². The third-order valence-corrected chi connectivity index (χ3v) is 5.28. The second kappa shape index (κ2) is 7.57. The first-order valence-corrected chi connectivity index (χ1v) is 9.85. The van der Waals surface area contributed by atoms with E-state index in [1.54, 1.807) is 25.3 Å². The maximum absolute atomic E-state index is 12.6. The highest BCUT2D eigenvalue weighted by Gasteiger charge is 2.16. The molecule has 2 aromatic heterocycles. The van der Waals surface area contributed by atoms with Crippen LogP contribution < -0.4 is 15.7 Å². The monoisotopic (exact) mass is 456 g/mol. The molecule has 0 bridgehead atoms. The lowest BCUT2D eigenvalue weighted by atomic mass is 10.2. The van der Waals surface area contributed by atoms with Crippen LogP contribution in [0, 0.1) is 0 Å². The van der Waals surface area contributed by atoms with Gasteiger partial charge in [0.2, 0.25) is 0 Å². The van der Waals surface area contributed by atoms with Gasteiger partial charge in [0.25, 0.3) is 5.91 Å². The van der Waals surface area contributed by atoms with E-state index in [1.807, 2.05) is 29.6 Å². The van der Waals surface area contributed by atoms with Crippen LogP contribution in [0.1, 0.15) is 10.4 Å². The summed E-state index contributed by atoms with van der Waals surface area (Å²) in [4.78, 5) is 29.2. The molecule has 0 radical (unpaired) electrons. The second-order valence-corrected chi connectivity index (χ2v) is 7.63. The number of nitrogens with one attached hydrogen (secondary N) is 1. The van der Waals surface area contributed by atoms with Crippen LogP contribution in [-0.4, -0.2) is 18.0 Å². The number of thiazole rings is 1. The summed E-state index contributed by atoms with van der Waals surface area (Å²) in [5, 5.41) is 5.52. The van der Waals surface area contributed by atoms with Gasteiger partial charge in [0, 0.05) is 20.8 Å². The van der Waals surface area contributed by atoms with Crippen LogP contribution in [0.3, 0.4) is 0 Å². The number of nitrogens with zero attached hydrogens (tertiary/aromatic N) is 1. The summed E-state index contributed by atoms with van der Waals surface area (Å²) in [6.45, 7) is 0. The molecule has 2 aromatic carbocycles. The molecule has 0 aliphatic heterocycles. The van der Waals surface area contributed by atoms with Gasteiger partial charge in [0.15, 0.2) is 5.13 Å². The fourth-order valence-corrected chi connectivity index (χ4v) is 3.76. The molecule has 4 rings (SSSR count). The topological polar surface area (TPSA) is 81.4 Å². The molecule has 0 atom stereocenters. The smallest absolute Gasteiger partial charge is 0.349 e. The van der Waals surface area contributed by atoms with Gasteiger partial charge in [-0.05, 0) is 36.4 Å². The van der Waals surface area contributed by atoms with Crippen LogP contribution in [0.4, 0.5) is 5.13 Å². The van der Waals surface area contributed by atoms with E-state index < -0.39 is 11.5 Å². The van der Waals surface area contributed by atoms with Crippen LogP contribution in [0.15, 0.2) is 67.6 Å². The number of fused-ring (bicyclic) bond motifs is 1. The molecule has 1 N–H and O–H groups in total. The van der Waals surface area contributed by atoms with Crippen LogP contribution in [-0.2, 0) is 0 Å². The Labute approximate surface area is 171 Å². The number of ether oxygens (including phenoxy) is 1. The first-order chi connectivity index (χ1) is 13.5. The Morgan fingerprint density at radius 3 is 2.89 bits per heavy atom. The van der Waals surface area contributed by atoms with E-state index in [2.05, 4.69) is 26.2 Å². The number of amides is 1. The number of hydrogen-bond donors (Lipinski definition) is 1. The van der Waals surface area contributed by atoms with E-state index in [1.165, 1.54) is 17.4 Å². The standard InChI is InChI=1S/C20H13BrN2O4S/c1-26-14-4-2-3-11(8-14)16-10-28-20(22-16)23-18(24)15-9-12-7-13(21)5-6-17(12)27-19(15)25/h2-10H,1H3,(H,22,23,24). The third kappa shape index (κ3) is 3.69. The Kier molecular flexibility index (Phi) is 4.97. The minimum Gasteiger partial charge on any atom is -0.497 e. The minimum atomic E-state index is -0.697. The van der Waals surface area contributed by atoms with Crippen molar-refractivity contribution in [3.05, 3.63) is 74.4 Å². The molecule has 4 aromatic rings. The van der Waals surface area contributed by atoms with E-state index in [4.69, 9.17) is 9.15 Å². The maximum atomic E-state index is 12.6. The van der Waals surface area contributed by atoms with Crippen molar-refractivity contribution in [1.82, 2.24) is 4.98 Å². The maximum Gasteiger partial charge on any atom is 0.349 e. The molecular weight excluding hydrogens is 444 g/mol. The largest absolute Gasteiger partial charge is 0.497 e. The van der Waals surface area contributed by atoms with Crippen molar-refractivity contribution >= 4 is 49.3 Å². The number of anilines is 1. The number of carbonyl (C=O) groups excluding carboxylic acids is 1. The fraction of sp³-hybridized carbons (Fsp3) is 0.0500. The van der Waals surface area contributed by atoms with Crippen molar-refractivity contribution in [1.29, 1.82) is 0 Å². The molecule has 0 aliphatic rings. The van der Waals surface area contributed by atoms with Gasteiger partial charge in [0.05, 0.1) is 12.8 Å².